The van der Waals surface area contributed by atoms with E-state index >= 15 is 0 Å². The number of hydrogen-bond donors (Lipinski definition) is 1. The molecule has 0 saturated carbocycles. The van der Waals surface area contributed by atoms with E-state index in [9.17, 15) is 18.5 Å². The first-order valence-electron chi connectivity index (χ1n) is 6.88. The maximum Gasteiger partial charge on any atom is 0.292 e. The van der Waals surface area contributed by atoms with E-state index in [4.69, 9.17) is 0 Å². The zero-order valence-electron chi connectivity index (χ0n) is 12.1. The summed E-state index contributed by atoms with van der Waals surface area (Å²) in [5, 5.41) is 13.8. The van der Waals surface area contributed by atoms with E-state index in [1.165, 1.54) is 22.5 Å². The lowest BCUT2D eigenvalue weighted by Crippen LogP contribution is -2.28. The molecule has 1 aliphatic heterocycles. The molecule has 2 rings (SSSR count). The molecule has 1 saturated heterocycles. The Morgan fingerprint density at radius 2 is 2.19 bits per heavy atom. The Hall–Kier alpha value is -1.67. The molecular weight excluding hydrogens is 294 g/mol. The lowest BCUT2D eigenvalue weighted by molar-refractivity contribution is -0.384. The van der Waals surface area contributed by atoms with Gasteiger partial charge in [0.25, 0.3) is 5.69 Å². The first-order valence-corrected chi connectivity index (χ1v) is 8.32. The van der Waals surface area contributed by atoms with Crippen molar-refractivity contribution in [3.8, 4) is 0 Å². The van der Waals surface area contributed by atoms with Gasteiger partial charge in [-0.2, -0.15) is 4.31 Å². The van der Waals surface area contributed by atoms with Crippen LogP contribution >= 0.6 is 0 Å². The summed E-state index contributed by atoms with van der Waals surface area (Å²) < 4.78 is 26.5. The first kappa shape index (κ1) is 15.7. The molecule has 1 unspecified atom stereocenters. The fourth-order valence-corrected chi connectivity index (χ4v) is 4.03. The van der Waals surface area contributed by atoms with Crippen molar-refractivity contribution in [2.75, 3.05) is 25.0 Å². The van der Waals surface area contributed by atoms with E-state index < -0.39 is 14.9 Å². The van der Waals surface area contributed by atoms with E-state index in [1.54, 1.807) is 6.92 Å². The van der Waals surface area contributed by atoms with Crippen molar-refractivity contribution in [3.05, 3.63) is 28.3 Å². The fraction of sp³-hybridized carbons (Fsp3) is 0.538. The SMILES string of the molecule is CCNc1cc(S(=O)(=O)N2CCC(C)C2)ccc1[N+](=O)[O-]. The molecule has 0 bridgehead atoms. The number of nitrogens with one attached hydrogen (secondary N) is 1. The number of sulfonamides is 1. The highest BCUT2D eigenvalue weighted by atomic mass is 32.2. The second-order valence-corrected chi connectivity index (χ2v) is 7.16. The van der Waals surface area contributed by atoms with Crippen molar-refractivity contribution in [2.45, 2.75) is 25.2 Å². The van der Waals surface area contributed by atoms with Crippen LogP contribution in [-0.2, 0) is 10.0 Å². The van der Waals surface area contributed by atoms with Crippen LogP contribution in [0.25, 0.3) is 0 Å². The van der Waals surface area contributed by atoms with Gasteiger partial charge in [0, 0.05) is 25.7 Å². The Morgan fingerprint density at radius 3 is 2.71 bits per heavy atom. The number of benzene rings is 1. The third-order valence-corrected chi connectivity index (χ3v) is 5.42. The largest absolute Gasteiger partial charge is 0.380 e. The molecule has 116 valence electrons. The van der Waals surface area contributed by atoms with Gasteiger partial charge >= 0.3 is 0 Å². The average Bonchev–Trinajstić information content (AvgIpc) is 2.86. The summed E-state index contributed by atoms with van der Waals surface area (Å²) >= 11 is 0. The summed E-state index contributed by atoms with van der Waals surface area (Å²) in [7, 11) is -3.58. The summed E-state index contributed by atoms with van der Waals surface area (Å²) in [6.07, 6.45) is 0.840. The summed E-state index contributed by atoms with van der Waals surface area (Å²) in [4.78, 5) is 10.5. The van der Waals surface area contributed by atoms with Gasteiger partial charge in [-0.25, -0.2) is 8.42 Å². The van der Waals surface area contributed by atoms with E-state index in [2.05, 4.69) is 5.32 Å². The van der Waals surface area contributed by atoms with Crippen molar-refractivity contribution in [2.24, 2.45) is 5.92 Å². The molecule has 7 nitrogen and oxygen atoms in total. The van der Waals surface area contributed by atoms with Crippen LogP contribution in [0.4, 0.5) is 11.4 Å². The lowest BCUT2D eigenvalue weighted by Gasteiger charge is -2.16. The molecule has 1 aromatic carbocycles. The van der Waals surface area contributed by atoms with Crippen LogP contribution < -0.4 is 5.32 Å². The minimum Gasteiger partial charge on any atom is -0.380 e. The zero-order valence-corrected chi connectivity index (χ0v) is 12.9. The van der Waals surface area contributed by atoms with Gasteiger partial charge in [-0.05, 0) is 31.4 Å². The van der Waals surface area contributed by atoms with Crippen LogP contribution in [0.2, 0.25) is 0 Å². The van der Waals surface area contributed by atoms with Gasteiger partial charge in [-0.3, -0.25) is 10.1 Å². The van der Waals surface area contributed by atoms with Crippen molar-refractivity contribution in [1.29, 1.82) is 0 Å². The molecule has 0 amide bonds. The molecule has 8 heteroatoms. The molecule has 1 aromatic rings. The van der Waals surface area contributed by atoms with E-state index in [0.717, 1.165) is 6.42 Å². The van der Waals surface area contributed by atoms with Gasteiger partial charge in [-0.15, -0.1) is 0 Å². The maximum atomic E-state index is 12.5. The Bertz CT molecular complexity index is 645. The smallest absolute Gasteiger partial charge is 0.292 e. The monoisotopic (exact) mass is 313 g/mol. The van der Waals surface area contributed by atoms with Crippen LogP contribution in [0, 0.1) is 16.0 Å². The topological polar surface area (TPSA) is 92.6 Å². The second-order valence-electron chi connectivity index (χ2n) is 5.22. The van der Waals surface area contributed by atoms with Gasteiger partial charge in [0.2, 0.25) is 10.0 Å². The molecule has 1 fully saturated rings. The van der Waals surface area contributed by atoms with Crippen LogP contribution in [0.5, 0.6) is 0 Å². The Labute approximate surface area is 124 Å². The minimum atomic E-state index is -3.58. The number of nitro benzene ring substituents is 1. The number of hydrogen-bond acceptors (Lipinski definition) is 5. The Morgan fingerprint density at radius 1 is 1.48 bits per heavy atom. The molecule has 0 spiro atoms. The van der Waals surface area contributed by atoms with Gasteiger partial charge in [0.15, 0.2) is 0 Å². The van der Waals surface area contributed by atoms with E-state index in [-0.39, 0.29) is 16.3 Å². The first-order chi connectivity index (χ1) is 9.86. The van der Waals surface area contributed by atoms with Crippen LogP contribution in [0.1, 0.15) is 20.3 Å². The molecule has 21 heavy (non-hydrogen) atoms. The lowest BCUT2D eigenvalue weighted by atomic mass is 10.2. The normalized spacial score (nSPS) is 19.6. The minimum absolute atomic E-state index is 0.0955. The zero-order chi connectivity index (χ0) is 15.6. The third kappa shape index (κ3) is 3.16. The molecule has 0 aromatic heterocycles. The summed E-state index contributed by atoms with van der Waals surface area (Å²) in [5.74, 6) is 0.339. The molecule has 1 aliphatic rings. The molecule has 1 heterocycles. The van der Waals surface area contributed by atoms with Crippen molar-refractivity contribution < 1.29 is 13.3 Å². The maximum absolute atomic E-state index is 12.5. The standard InChI is InChI=1S/C13H19N3O4S/c1-3-14-12-8-11(4-5-13(12)16(17)18)21(19,20)15-7-6-10(2)9-15/h4-5,8,10,14H,3,6-7,9H2,1-2H3. The highest BCUT2D eigenvalue weighted by Gasteiger charge is 2.31. The van der Waals surface area contributed by atoms with Crippen molar-refractivity contribution in [3.63, 3.8) is 0 Å². The number of rotatable bonds is 5. The number of nitrogens with zero attached hydrogens (tertiary/aromatic N) is 2. The second kappa shape index (κ2) is 5.98. The predicted molar refractivity (Wildman–Crippen MR) is 79.8 cm³/mol. The predicted octanol–water partition coefficient (Wildman–Crippen LogP) is 2.06. The quantitative estimate of drug-likeness (QED) is 0.663. The Kier molecular flexibility index (Phi) is 4.48. The highest BCUT2D eigenvalue weighted by Crippen LogP contribution is 2.30. The van der Waals surface area contributed by atoms with Crippen molar-refractivity contribution in [1.82, 2.24) is 4.31 Å². The molecular formula is C13H19N3O4S. The van der Waals surface area contributed by atoms with Crippen molar-refractivity contribution >= 4 is 21.4 Å². The van der Waals surface area contributed by atoms with Gasteiger partial charge < -0.3 is 5.32 Å². The van der Waals surface area contributed by atoms with Crippen LogP contribution in [0.3, 0.4) is 0 Å². The van der Waals surface area contributed by atoms with E-state index in [1.807, 2.05) is 6.92 Å². The summed E-state index contributed by atoms with van der Waals surface area (Å²) in [6, 6.07) is 3.89. The van der Waals surface area contributed by atoms with E-state index in [0.29, 0.717) is 25.6 Å². The molecule has 0 radical (unpaired) electrons. The molecule has 1 atom stereocenters. The third-order valence-electron chi connectivity index (χ3n) is 3.56. The number of nitro groups is 1. The highest BCUT2D eigenvalue weighted by molar-refractivity contribution is 7.89. The molecule has 0 aliphatic carbocycles. The van der Waals surface area contributed by atoms with Gasteiger partial charge in [0.1, 0.15) is 5.69 Å². The van der Waals surface area contributed by atoms with Gasteiger partial charge in [-0.1, -0.05) is 6.92 Å². The molecule has 1 N–H and O–H groups in total. The number of anilines is 1. The van der Waals surface area contributed by atoms with Crippen LogP contribution in [0.15, 0.2) is 23.1 Å². The average molecular weight is 313 g/mol. The summed E-state index contributed by atoms with van der Waals surface area (Å²) in [6.45, 7) is 5.28. The van der Waals surface area contributed by atoms with Crippen LogP contribution in [-0.4, -0.2) is 37.3 Å². The Balaban J connectivity index is 2.40. The fourth-order valence-electron chi connectivity index (χ4n) is 2.43. The summed E-state index contributed by atoms with van der Waals surface area (Å²) in [5.41, 5.74) is 0.112. The van der Waals surface area contributed by atoms with Gasteiger partial charge in [0.05, 0.1) is 9.82 Å².